The highest BCUT2D eigenvalue weighted by atomic mass is 16.3. The molecular formula is C70H64BN3O2. The molecule has 0 amide bonds. The molecule has 0 fully saturated rings. The summed E-state index contributed by atoms with van der Waals surface area (Å²) in [6.45, 7) is 27.4. The van der Waals surface area contributed by atoms with Crippen molar-refractivity contribution in [3.63, 3.8) is 0 Å². The van der Waals surface area contributed by atoms with Crippen molar-refractivity contribution in [2.45, 2.75) is 105 Å². The van der Waals surface area contributed by atoms with Crippen LogP contribution in [-0.4, -0.2) is 11.4 Å². The number of rotatable bonds is 4. The van der Waals surface area contributed by atoms with Crippen LogP contribution in [0.25, 0.3) is 82.5 Å². The minimum absolute atomic E-state index is 0.00828. The van der Waals surface area contributed by atoms with E-state index in [0.717, 1.165) is 88.6 Å². The van der Waals surface area contributed by atoms with E-state index in [1.54, 1.807) is 0 Å². The fourth-order valence-corrected chi connectivity index (χ4v) is 12.7. The molecule has 6 heteroatoms. The van der Waals surface area contributed by atoms with Gasteiger partial charge < -0.3 is 23.1 Å². The van der Waals surface area contributed by atoms with Crippen LogP contribution in [0.15, 0.2) is 179 Å². The molecule has 0 spiro atoms. The predicted molar refractivity (Wildman–Crippen MR) is 324 cm³/mol. The minimum atomic E-state index is -0.210. The first-order chi connectivity index (χ1) is 36.2. The first-order valence-corrected chi connectivity index (χ1v) is 27.2. The molecule has 0 saturated heterocycles. The maximum atomic E-state index is 7.32. The van der Waals surface area contributed by atoms with Crippen molar-refractivity contribution in [2.24, 2.45) is 0 Å². The van der Waals surface area contributed by atoms with E-state index < -0.39 is 0 Å². The van der Waals surface area contributed by atoms with Gasteiger partial charge in [-0.15, -0.1) is 0 Å². The van der Waals surface area contributed by atoms with Crippen LogP contribution < -0.4 is 20.6 Å². The third-order valence-electron chi connectivity index (χ3n) is 16.8. The molecule has 0 unspecified atom stereocenters. The molecule has 5 nitrogen and oxygen atoms in total. The second-order valence-corrected chi connectivity index (χ2v) is 25.8. The van der Waals surface area contributed by atoms with Crippen molar-refractivity contribution in [1.82, 2.24) is 4.57 Å². The zero-order valence-corrected chi connectivity index (χ0v) is 45.9. The Morgan fingerprint density at radius 1 is 0.421 bits per heavy atom. The summed E-state index contributed by atoms with van der Waals surface area (Å²) >= 11 is 0. The topological polar surface area (TPSA) is 37.7 Å². The van der Waals surface area contributed by atoms with Gasteiger partial charge in [-0.3, -0.25) is 0 Å². The summed E-state index contributed by atoms with van der Waals surface area (Å²) in [5.41, 5.74) is 22.7. The van der Waals surface area contributed by atoms with E-state index in [1.807, 2.05) is 0 Å². The first kappa shape index (κ1) is 46.6. The highest BCUT2D eigenvalue weighted by Crippen LogP contribution is 2.53. The predicted octanol–water partition coefficient (Wildman–Crippen LogP) is 18.5. The Hall–Kier alpha value is -7.96. The number of furan rings is 2. The van der Waals surface area contributed by atoms with Gasteiger partial charge >= 0.3 is 6.85 Å². The molecule has 12 aromatic rings. The van der Waals surface area contributed by atoms with Gasteiger partial charge in [-0.25, -0.2) is 0 Å². The Morgan fingerprint density at radius 2 is 0.961 bits per heavy atom. The standard InChI is InChI=1S/C70H64BN3O2/c1-67(2,3)41-21-28-45(29-22-41)72(46-30-23-42(24-31-46)68(4,5)6)48-34-35-50-56(38-48)73-55-36-27-44(70(10,11)12)37-54(55)71-64-61(62-51-18-14-16-20-59(51)76-66(62)63(50)65(64)73)53-39-52-49-17-13-15-19-58(49)75-60(52)40-57(53)74(71)47-32-25-43(26-33-47)69(7,8)9/h13-40H,1-12H3. The average Bonchev–Trinajstić information content (AvgIpc) is 3.73. The van der Waals surface area contributed by atoms with Gasteiger partial charge in [0.15, 0.2) is 0 Å². The normalized spacial score (nSPS) is 13.7. The number of para-hydroxylation sites is 2. The molecule has 9 aromatic carbocycles. The zero-order chi connectivity index (χ0) is 52.5. The maximum Gasteiger partial charge on any atom is 0.333 e. The van der Waals surface area contributed by atoms with Crippen LogP contribution >= 0.6 is 0 Å². The summed E-state index contributed by atoms with van der Waals surface area (Å²) in [7, 11) is 0. The molecule has 0 aliphatic carbocycles. The Labute approximate surface area is 446 Å². The van der Waals surface area contributed by atoms with Crippen molar-refractivity contribution < 1.29 is 8.83 Å². The minimum Gasteiger partial charge on any atom is -0.456 e. The number of benzene rings is 9. The molecule has 0 radical (unpaired) electrons. The third kappa shape index (κ3) is 6.84. The van der Waals surface area contributed by atoms with Crippen LogP contribution in [0.3, 0.4) is 0 Å². The van der Waals surface area contributed by atoms with Crippen LogP contribution in [-0.2, 0) is 21.7 Å². The van der Waals surface area contributed by atoms with E-state index in [1.165, 1.54) is 55.5 Å². The quantitative estimate of drug-likeness (QED) is 0.165. The maximum absolute atomic E-state index is 7.32. The molecule has 0 N–H and O–H groups in total. The van der Waals surface area contributed by atoms with Gasteiger partial charge in [0.25, 0.3) is 0 Å². The lowest BCUT2D eigenvalue weighted by Crippen LogP contribution is -2.60. The highest BCUT2D eigenvalue weighted by Gasteiger charge is 2.47. The Morgan fingerprint density at radius 3 is 1.57 bits per heavy atom. The van der Waals surface area contributed by atoms with Gasteiger partial charge in [-0.1, -0.05) is 168 Å². The van der Waals surface area contributed by atoms with Gasteiger partial charge in [0.05, 0.1) is 16.4 Å². The lowest BCUT2D eigenvalue weighted by atomic mass is 9.43. The van der Waals surface area contributed by atoms with E-state index in [9.17, 15) is 0 Å². The number of nitrogens with zero attached hydrogens (tertiary/aromatic N) is 3. The van der Waals surface area contributed by atoms with Crippen LogP contribution in [0.2, 0.25) is 0 Å². The number of hydrogen-bond acceptors (Lipinski definition) is 4. The van der Waals surface area contributed by atoms with Gasteiger partial charge in [0.1, 0.15) is 22.3 Å². The monoisotopic (exact) mass is 990 g/mol. The summed E-state index contributed by atoms with van der Waals surface area (Å²) in [5, 5.41) is 6.78. The molecular weight excluding hydrogens is 926 g/mol. The van der Waals surface area contributed by atoms with Crippen LogP contribution in [0.4, 0.5) is 28.4 Å². The summed E-state index contributed by atoms with van der Waals surface area (Å²) in [4.78, 5) is 5.07. The number of fused-ring (bicyclic) bond motifs is 16. The molecule has 0 bridgehead atoms. The fraction of sp³-hybridized carbons (Fsp3) is 0.229. The van der Waals surface area contributed by atoms with E-state index >= 15 is 0 Å². The van der Waals surface area contributed by atoms with E-state index in [4.69, 9.17) is 8.83 Å². The molecule has 0 atom stereocenters. The van der Waals surface area contributed by atoms with E-state index in [0.29, 0.717) is 0 Å². The van der Waals surface area contributed by atoms with E-state index in [2.05, 4.69) is 267 Å². The fourth-order valence-electron chi connectivity index (χ4n) is 12.7. The largest absolute Gasteiger partial charge is 0.456 e. The SMILES string of the molecule is CC(C)(C)c1ccc(N2B3c4cc(C(C)(C)C)ccc4-n4c5cc(N(c6ccc(C(C)(C)C)cc6)c6ccc(C(C)(C)C)cc6)ccc5c5c6oc7ccccc7c6c(c3c54)-c3cc4c(cc32)oc2ccccc24)cc1. The summed E-state index contributed by atoms with van der Waals surface area (Å²) in [6.07, 6.45) is 0. The number of aromatic nitrogens is 1. The number of anilines is 5. The highest BCUT2D eigenvalue weighted by molar-refractivity contribution is 6.94. The van der Waals surface area contributed by atoms with Crippen LogP contribution in [0, 0.1) is 0 Å². The first-order valence-electron chi connectivity index (χ1n) is 27.2. The second kappa shape index (κ2) is 15.8. The molecule has 374 valence electrons. The summed E-state index contributed by atoms with van der Waals surface area (Å²) < 4.78 is 16.7. The van der Waals surface area contributed by atoms with Crippen molar-refractivity contribution in [1.29, 1.82) is 0 Å². The van der Waals surface area contributed by atoms with Gasteiger partial charge in [0, 0.05) is 72.7 Å². The Bertz CT molecular complexity index is 4310. The average molecular weight is 990 g/mol. The zero-order valence-electron chi connectivity index (χ0n) is 45.9. The molecule has 2 aliphatic heterocycles. The summed E-state index contributed by atoms with van der Waals surface area (Å²) in [5.74, 6) is 0. The Kier molecular flexibility index (Phi) is 9.68. The van der Waals surface area contributed by atoms with Crippen molar-refractivity contribution in [3.8, 4) is 16.8 Å². The van der Waals surface area contributed by atoms with Crippen molar-refractivity contribution in [2.75, 3.05) is 9.71 Å². The lowest BCUT2D eigenvalue weighted by molar-refractivity contribution is 0.590. The molecule has 5 heterocycles. The molecule has 76 heavy (non-hydrogen) atoms. The second-order valence-electron chi connectivity index (χ2n) is 25.8. The van der Waals surface area contributed by atoms with Crippen molar-refractivity contribution in [3.05, 3.63) is 192 Å². The molecule has 2 aliphatic rings. The molecule has 3 aromatic heterocycles. The van der Waals surface area contributed by atoms with Crippen molar-refractivity contribution >= 4 is 112 Å². The third-order valence-corrected chi connectivity index (χ3v) is 16.8. The molecule has 0 saturated carbocycles. The van der Waals surface area contributed by atoms with Gasteiger partial charge in [-0.2, -0.15) is 0 Å². The number of hydrogen-bond donors (Lipinski definition) is 0. The van der Waals surface area contributed by atoms with Crippen LogP contribution in [0.5, 0.6) is 0 Å². The molecule has 14 rings (SSSR count). The summed E-state index contributed by atoms with van der Waals surface area (Å²) in [6, 6.07) is 64.0. The Balaban J connectivity index is 1.14. The smallest absolute Gasteiger partial charge is 0.333 e. The van der Waals surface area contributed by atoms with Gasteiger partial charge in [-0.05, 0) is 139 Å². The van der Waals surface area contributed by atoms with E-state index in [-0.39, 0.29) is 28.5 Å². The lowest BCUT2D eigenvalue weighted by Gasteiger charge is -2.42. The van der Waals surface area contributed by atoms with Gasteiger partial charge in [0.2, 0.25) is 0 Å². The van der Waals surface area contributed by atoms with Crippen LogP contribution in [0.1, 0.15) is 105 Å².